The van der Waals surface area contributed by atoms with E-state index in [-0.39, 0.29) is 16.8 Å². The highest BCUT2D eigenvalue weighted by molar-refractivity contribution is 5.98. The van der Waals surface area contributed by atoms with Crippen LogP contribution in [0.4, 0.5) is 0 Å². The first-order valence-corrected chi connectivity index (χ1v) is 18.8. The number of para-hydroxylation sites is 1. The van der Waals surface area contributed by atoms with Gasteiger partial charge in [0.2, 0.25) is 0 Å². The summed E-state index contributed by atoms with van der Waals surface area (Å²) in [6.45, 7) is 5.72. The molecule has 7 rings (SSSR count). The molecule has 0 unspecified atom stereocenters. The van der Waals surface area contributed by atoms with Gasteiger partial charge in [-0.1, -0.05) is 110 Å². The fourth-order valence-electron chi connectivity index (χ4n) is 5.87. The lowest BCUT2D eigenvalue weighted by Gasteiger charge is -2.26. The van der Waals surface area contributed by atoms with Gasteiger partial charge in [-0.05, 0) is 84.8 Å². The van der Waals surface area contributed by atoms with Crippen molar-refractivity contribution < 1.29 is 38.1 Å². The van der Waals surface area contributed by atoms with Gasteiger partial charge >= 0.3 is 17.9 Å². The number of methoxy groups -OCH3 is 3. The average molecular weight is 804 g/mol. The van der Waals surface area contributed by atoms with Crippen molar-refractivity contribution >= 4 is 23.7 Å². The minimum absolute atomic E-state index is 0.0641. The Morgan fingerprint density at radius 1 is 0.533 bits per heavy atom. The first-order valence-electron chi connectivity index (χ1n) is 18.8. The number of nitrogens with zero attached hydrogens (tertiary/aromatic N) is 3. The summed E-state index contributed by atoms with van der Waals surface area (Å²) in [5, 5.41) is 8.31. The summed E-state index contributed by atoms with van der Waals surface area (Å²) in [4.78, 5) is 46.1. The van der Waals surface area contributed by atoms with Crippen molar-refractivity contribution in [2.24, 2.45) is 0 Å². The van der Waals surface area contributed by atoms with Crippen LogP contribution in [0.25, 0.3) is 16.9 Å². The number of rotatable bonds is 10. The Hall–Kier alpha value is -7.66. The molecule has 0 aliphatic carbocycles. The van der Waals surface area contributed by atoms with E-state index in [1.807, 2.05) is 103 Å². The van der Waals surface area contributed by atoms with Gasteiger partial charge in [0, 0.05) is 16.5 Å². The minimum Gasteiger partial charge on any atom is -0.497 e. The molecule has 0 N–H and O–H groups in total. The SMILES string of the molecule is COC(=O)c1cccc(C(=O)Oc2ccc(C(C)(C)c3ccc(OC)cc3)cc2)c1.COC(=O)c1cccc(C(C)=O)c1.c1ccc(-c2cn(-c3ccccc3)nn2)cc1. The van der Waals surface area contributed by atoms with E-state index >= 15 is 0 Å². The minimum atomic E-state index is -0.539. The number of ether oxygens (including phenoxy) is 4. The fourth-order valence-corrected chi connectivity index (χ4v) is 5.87. The lowest BCUT2D eigenvalue weighted by molar-refractivity contribution is 0.0591. The number of Topliss-reactive ketones (excluding diaryl/α,β-unsaturated/α-hetero) is 1. The van der Waals surface area contributed by atoms with E-state index in [4.69, 9.17) is 9.47 Å². The fraction of sp³-hybridized carbons (Fsp3) is 0.143. The molecule has 11 nitrogen and oxygen atoms in total. The van der Waals surface area contributed by atoms with Crippen molar-refractivity contribution in [2.75, 3.05) is 21.3 Å². The number of carbonyl (C=O) groups is 4. The molecule has 0 aliphatic rings. The molecule has 7 aromatic rings. The van der Waals surface area contributed by atoms with E-state index in [1.165, 1.54) is 33.3 Å². The summed E-state index contributed by atoms with van der Waals surface area (Å²) < 4.78 is 21.7. The van der Waals surface area contributed by atoms with Crippen LogP contribution in [0, 0.1) is 0 Å². The molecule has 304 valence electrons. The van der Waals surface area contributed by atoms with Gasteiger partial charge in [0.15, 0.2) is 5.78 Å². The number of ketones is 1. The Labute approximate surface area is 349 Å². The molecule has 0 atom stereocenters. The first-order chi connectivity index (χ1) is 28.9. The smallest absolute Gasteiger partial charge is 0.343 e. The maximum atomic E-state index is 12.5. The molecule has 60 heavy (non-hydrogen) atoms. The molecule has 0 radical (unpaired) electrons. The lowest BCUT2D eigenvalue weighted by atomic mass is 9.78. The zero-order valence-corrected chi connectivity index (χ0v) is 34.2. The number of carbonyl (C=O) groups excluding carboxylic acids is 4. The van der Waals surface area contributed by atoms with E-state index in [0.717, 1.165) is 33.8 Å². The molecule has 0 bridgehead atoms. The summed E-state index contributed by atoms with van der Waals surface area (Å²) >= 11 is 0. The summed E-state index contributed by atoms with van der Waals surface area (Å²) in [6.07, 6.45) is 1.94. The number of esters is 3. The number of hydrogen-bond acceptors (Lipinski definition) is 10. The molecular formula is C49H45N3O8. The lowest BCUT2D eigenvalue weighted by Crippen LogP contribution is -2.18. The monoisotopic (exact) mass is 803 g/mol. The van der Waals surface area contributed by atoms with Gasteiger partial charge < -0.3 is 18.9 Å². The van der Waals surface area contributed by atoms with Gasteiger partial charge in [-0.2, -0.15) is 0 Å². The third-order valence-corrected chi connectivity index (χ3v) is 9.39. The summed E-state index contributed by atoms with van der Waals surface area (Å²) in [7, 11) is 4.25. The van der Waals surface area contributed by atoms with E-state index < -0.39 is 17.9 Å². The molecule has 0 amide bonds. The van der Waals surface area contributed by atoms with E-state index in [0.29, 0.717) is 22.4 Å². The Kier molecular flexibility index (Phi) is 15.0. The number of aromatic nitrogens is 3. The van der Waals surface area contributed by atoms with E-state index in [9.17, 15) is 19.2 Å². The van der Waals surface area contributed by atoms with Crippen molar-refractivity contribution in [1.29, 1.82) is 0 Å². The summed E-state index contributed by atoms with van der Waals surface area (Å²) in [5.41, 5.74) is 6.46. The molecular weight excluding hydrogens is 759 g/mol. The second-order valence-corrected chi connectivity index (χ2v) is 13.7. The Balaban J connectivity index is 0.000000190. The Bertz CT molecular complexity index is 2460. The highest BCUT2D eigenvalue weighted by Crippen LogP contribution is 2.33. The molecule has 0 spiro atoms. The molecule has 0 saturated carbocycles. The van der Waals surface area contributed by atoms with Crippen LogP contribution in [0.5, 0.6) is 11.5 Å². The average Bonchev–Trinajstić information content (AvgIpc) is 3.80. The second-order valence-electron chi connectivity index (χ2n) is 13.7. The molecule has 0 fully saturated rings. The van der Waals surface area contributed by atoms with Crippen molar-refractivity contribution in [3.63, 3.8) is 0 Å². The predicted molar refractivity (Wildman–Crippen MR) is 229 cm³/mol. The summed E-state index contributed by atoms with van der Waals surface area (Å²) in [5.74, 6) is -0.294. The first kappa shape index (κ1) is 43.5. The molecule has 0 saturated heterocycles. The predicted octanol–water partition coefficient (Wildman–Crippen LogP) is 9.64. The van der Waals surface area contributed by atoms with Gasteiger partial charge in [0.05, 0.1) is 49.9 Å². The quantitative estimate of drug-likeness (QED) is 0.0747. The molecule has 11 heteroatoms. The van der Waals surface area contributed by atoms with Crippen molar-refractivity contribution in [1.82, 2.24) is 15.0 Å². The van der Waals surface area contributed by atoms with Gasteiger partial charge in [-0.25, -0.2) is 19.1 Å². The van der Waals surface area contributed by atoms with Crippen LogP contribution in [-0.4, -0.2) is 60.0 Å². The third-order valence-electron chi connectivity index (χ3n) is 9.39. The molecule has 6 aromatic carbocycles. The largest absolute Gasteiger partial charge is 0.497 e. The van der Waals surface area contributed by atoms with Crippen LogP contribution in [-0.2, 0) is 14.9 Å². The summed E-state index contributed by atoms with van der Waals surface area (Å²) in [6, 6.07) is 48.1. The zero-order valence-electron chi connectivity index (χ0n) is 34.2. The van der Waals surface area contributed by atoms with Crippen molar-refractivity contribution in [3.05, 3.63) is 197 Å². The van der Waals surface area contributed by atoms with Crippen molar-refractivity contribution in [2.45, 2.75) is 26.2 Å². The molecule has 0 aliphatic heterocycles. The molecule has 1 heterocycles. The Morgan fingerprint density at radius 3 is 1.50 bits per heavy atom. The van der Waals surface area contributed by atoms with Gasteiger partial charge in [0.25, 0.3) is 0 Å². The number of hydrogen-bond donors (Lipinski definition) is 0. The zero-order chi connectivity index (χ0) is 43.1. The Morgan fingerprint density at radius 2 is 1.00 bits per heavy atom. The standard InChI is InChI=1S/C25H24O5.C14H11N3.C10H10O3/c1-25(2,19-8-12-21(28-3)13-9-19)20-10-14-22(15-11-20)30-24(27)18-7-5-6-17(16-18)23(26)29-4;1-3-7-12(8-4-1)14-11-17(16-15-14)13-9-5-2-6-10-13;1-7(11)8-4-3-5-9(6-8)10(12)13-2/h5-16H,1-4H3;1-11H;3-6H,1-2H3. The van der Waals surface area contributed by atoms with Crippen LogP contribution in [0.2, 0.25) is 0 Å². The van der Waals surface area contributed by atoms with Crippen LogP contribution in [0.15, 0.2) is 164 Å². The highest BCUT2D eigenvalue weighted by atomic mass is 16.5. The van der Waals surface area contributed by atoms with Gasteiger partial charge in [-0.15, -0.1) is 5.10 Å². The van der Waals surface area contributed by atoms with Crippen LogP contribution in [0.1, 0.15) is 73.3 Å². The van der Waals surface area contributed by atoms with Crippen LogP contribution < -0.4 is 9.47 Å². The number of benzene rings is 6. The van der Waals surface area contributed by atoms with Gasteiger partial charge in [0.1, 0.15) is 17.2 Å². The van der Waals surface area contributed by atoms with E-state index in [1.54, 1.807) is 60.3 Å². The topological polar surface area (TPSA) is 136 Å². The maximum Gasteiger partial charge on any atom is 0.343 e. The van der Waals surface area contributed by atoms with Gasteiger partial charge in [-0.3, -0.25) is 4.79 Å². The molecule has 1 aromatic heterocycles. The van der Waals surface area contributed by atoms with E-state index in [2.05, 4.69) is 33.6 Å². The maximum absolute atomic E-state index is 12.5. The normalized spacial score (nSPS) is 10.4. The van der Waals surface area contributed by atoms with Crippen LogP contribution >= 0.6 is 0 Å². The second kappa shape index (κ2) is 20.7. The third kappa shape index (κ3) is 11.5. The van der Waals surface area contributed by atoms with Crippen molar-refractivity contribution in [3.8, 4) is 28.4 Å². The highest BCUT2D eigenvalue weighted by Gasteiger charge is 2.23. The van der Waals surface area contributed by atoms with Crippen LogP contribution in [0.3, 0.4) is 0 Å².